The van der Waals surface area contributed by atoms with Crippen LogP contribution in [0.1, 0.15) is 39.5 Å². The fraction of sp³-hybridized carbons (Fsp3) is 0.929. The lowest BCUT2D eigenvalue weighted by atomic mass is 9.80. The van der Waals surface area contributed by atoms with Crippen molar-refractivity contribution in [2.24, 2.45) is 4.99 Å². The highest BCUT2D eigenvalue weighted by Crippen LogP contribution is 2.31. The molecule has 1 aliphatic heterocycles. The number of halogens is 1. The molecule has 0 aromatic heterocycles. The number of nitrogens with one attached hydrogen (secondary N) is 1. The van der Waals surface area contributed by atoms with Gasteiger partial charge in [-0.15, -0.1) is 24.0 Å². The molecule has 2 fully saturated rings. The van der Waals surface area contributed by atoms with Crippen LogP contribution in [0.5, 0.6) is 0 Å². The summed E-state index contributed by atoms with van der Waals surface area (Å²) in [6.45, 7) is 7.93. The molecule has 0 bridgehead atoms. The van der Waals surface area contributed by atoms with E-state index in [-0.39, 0.29) is 24.0 Å². The van der Waals surface area contributed by atoms with Gasteiger partial charge in [0.1, 0.15) is 0 Å². The SMILES string of the molecule is CCNC(=NCC1(O)CCC1)N1CCSC(CC)C1.I. The van der Waals surface area contributed by atoms with E-state index < -0.39 is 5.60 Å². The molecule has 1 saturated heterocycles. The molecule has 4 nitrogen and oxygen atoms in total. The normalized spacial score (nSPS) is 25.6. The molecule has 1 saturated carbocycles. The first kappa shape index (κ1) is 18.4. The molecule has 0 aromatic carbocycles. The molecule has 20 heavy (non-hydrogen) atoms. The molecule has 1 unspecified atom stereocenters. The summed E-state index contributed by atoms with van der Waals surface area (Å²) in [5.74, 6) is 2.16. The number of aliphatic hydroxyl groups is 1. The van der Waals surface area contributed by atoms with Crippen molar-refractivity contribution >= 4 is 41.7 Å². The average Bonchev–Trinajstić information content (AvgIpc) is 2.41. The Morgan fingerprint density at radius 2 is 2.20 bits per heavy atom. The Morgan fingerprint density at radius 1 is 1.45 bits per heavy atom. The van der Waals surface area contributed by atoms with E-state index in [4.69, 9.17) is 0 Å². The number of hydrogen-bond acceptors (Lipinski definition) is 3. The van der Waals surface area contributed by atoms with Crippen LogP contribution in [0.3, 0.4) is 0 Å². The van der Waals surface area contributed by atoms with E-state index in [1.54, 1.807) is 0 Å². The minimum Gasteiger partial charge on any atom is -0.388 e. The van der Waals surface area contributed by atoms with Gasteiger partial charge in [-0.3, -0.25) is 4.99 Å². The Bertz CT molecular complexity index is 324. The van der Waals surface area contributed by atoms with Gasteiger partial charge >= 0.3 is 0 Å². The standard InChI is InChI=1S/C14H27N3OS.HI/c1-3-12-10-17(8-9-19-12)13(15-4-2)16-11-14(18)6-5-7-14;/h12,18H,3-11H2,1-2H3,(H,15,16);1H. The number of guanidine groups is 1. The molecular formula is C14H28IN3OS. The van der Waals surface area contributed by atoms with Crippen LogP contribution >= 0.6 is 35.7 Å². The van der Waals surface area contributed by atoms with Gasteiger partial charge in [0.05, 0.1) is 12.1 Å². The summed E-state index contributed by atoms with van der Waals surface area (Å²) in [5, 5.41) is 14.3. The van der Waals surface area contributed by atoms with Crippen molar-refractivity contribution in [1.82, 2.24) is 10.2 Å². The zero-order chi connectivity index (χ0) is 13.7. The first-order valence-electron chi connectivity index (χ1n) is 7.54. The van der Waals surface area contributed by atoms with Gasteiger partial charge in [0.2, 0.25) is 0 Å². The van der Waals surface area contributed by atoms with Crippen molar-refractivity contribution in [3.8, 4) is 0 Å². The van der Waals surface area contributed by atoms with Crippen molar-refractivity contribution < 1.29 is 5.11 Å². The third-order valence-electron chi connectivity index (χ3n) is 4.04. The molecular weight excluding hydrogens is 385 g/mol. The lowest BCUT2D eigenvalue weighted by Crippen LogP contribution is -2.49. The second-order valence-corrected chi connectivity index (χ2v) is 7.00. The summed E-state index contributed by atoms with van der Waals surface area (Å²) in [4.78, 5) is 7.03. The Labute approximate surface area is 144 Å². The first-order chi connectivity index (χ1) is 9.17. The molecule has 6 heteroatoms. The molecule has 0 amide bonds. The molecule has 2 rings (SSSR count). The third-order valence-corrected chi connectivity index (χ3v) is 5.41. The van der Waals surface area contributed by atoms with E-state index >= 15 is 0 Å². The lowest BCUT2D eigenvalue weighted by Gasteiger charge is -2.37. The van der Waals surface area contributed by atoms with Crippen molar-refractivity contribution in [2.45, 2.75) is 50.4 Å². The van der Waals surface area contributed by atoms with Gasteiger partial charge < -0.3 is 15.3 Å². The highest BCUT2D eigenvalue weighted by molar-refractivity contribution is 14.0. The van der Waals surface area contributed by atoms with E-state index in [9.17, 15) is 5.11 Å². The summed E-state index contributed by atoms with van der Waals surface area (Å²) in [6, 6.07) is 0. The largest absolute Gasteiger partial charge is 0.388 e. The number of nitrogens with zero attached hydrogens (tertiary/aromatic N) is 2. The van der Waals surface area contributed by atoms with Crippen LogP contribution in [-0.2, 0) is 0 Å². The van der Waals surface area contributed by atoms with E-state index in [2.05, 4.69) is 40.8 Å². The van der Waals surface area contributed by atoms with Gasteiger partial charge in [0, 0.05) is 30.6 Å². The zero-order valence-electron chi connectivity index (χ0n) is 12.6. The van der Waals surface area contributed by atoms with Crippen molar-refractivity contribution in [3.05, 3.63) is 0 Å². The van der Waals surface area contributed by atoms with Crippen LogP contribution in [0.25, 0.3) is 0 Å². The molecule has 2 aliphatic rings. The lowest BCUT2D eigenvalue weighted by molar-refractivity contribution is -0.0237. The van der Waals surface area contributed by atoms with Crippen LogP contribution in [0.15, 0.2) is 4.99 Å². The van der Waals surface area contributed by atoms with Gasteiger partial charge in [0.25, 0.3) is 0 Å². The van der Waals surface area contributed by atoms with Crippen LogP contribution in [-0.4, -0.2) is 58.7 Å². The van der Waals surface area contributed by atoms with Crippen molar-refractivity contribution in [3.63, 3.8) is 0 Å². The molecule has 1 heterocycles. The maximum atomic E-state index is 10.2. The fourth-order valence-electron chi connectivity index (χ4n) is 2.55. The molecule has 1 aliphatic carbocycles. The molecule has 1 atom stereocenters. The zero-order valence-corrected chi connectivity index (χ0v) is 15.7. The van der Waals surface area contributed by atoms with Crippen LogP contribution in [0.2, 0.25) is 0 Å². The molecule has 0 spiro atoms. The smallest absolute Gasteiger partial charge is 0.194 e. The molecule has 0 aromatic rings. The number of thioether (sulfide) groups is 1. The summed E-state index contributed by atoms with van der Waals surface area (Å²) >= 11 is 2.07. The Hall–Kier alpha value is 0.310. The predicted octanol–water partition coefficient (Wildman–Crippen LogP) is 2.31. The summed E-state index contributed by atoms with van der Waals surface area (Å²) in [5.41, 5.74) is -0.518. The Balaban J connectivity index is 0.00000200. The molecule has 0 radical (unpaired) electrons. The molecule has 2 N–H and O–H groups in total. The van der Waals surface area contributed by atoms with Gasteiger partial charge in [-0.05, 0) is 32.6 Å². The van der Waals surface area contributed by atoms with Crippen molar-refractivity contribution in [1.29, 1.82) is 0 Å². The van der Waals surface area contributed by atoms with E-state index in [1.807, 2.05) is 0 Å². The number of rotatable bonds is 4. The predicted molar refractivity (Wildman–Crippen MR) is 98.3 cm³/mol. The maximum absolute atomic E-state index is 10.2. The minimum absolute atomic E-state index is 0. The monoisotopic (exact) mass is 413 g/mol. The maximum Gasteiger partial charge on any atom is 0.194 e. The van der Waals surface area contributed by atoms with E-state index in [1.165, 1.54) is 12.2 Å². The van der Waals surface area contributed by atoms with E-state index in [0.717, 1.165) is 44.9 Å². The van der Waals surface area contributed by atoms with E-state index in [0.29, 0.717) is 11.8 Å². The minimum atomic E-state index is -0.518. The number of aliphatic imine (C=N–C) groups is 1. The summed E-state index contributed by atoms with van der Waals surface area (Å²) in [7, 11) is 0. The highest BCUT2D eigenvalue weighted by Gasteiger charge is 2.34. The van der Waals surface area contributed by atoms with Gasteiger partial charge in [0.15, 0.2) is 5.96 Å². The summed E-state index contributed by atoms with van der Waals surface area (Å²) in [6.07, 6.45) is 4.16. The summed E-state index contributed by atoms with van der Waals surface area (Å²) < 4.78 is 0. The topological polar surface area (TPSA) is 47.9 Å². The second kappa shape index (κ2) is 8.68. The second-order valence-electron chi connectivity index (χ2n) is 5.60. The quantitative estimate of drug-likeness (QED) is 0.422. The van der Waals surface area contributed by atoms with Crippen LogP contribution < -0.4 is 5.32 Å². The van der Waals surface area contributed by atoms with Crippen LogP contribution in [0.4, 0.5) is 0 Å². The van der Waals surface area contributed by atoms with Crippen LogP contribution in [0, 0.1) is 0 Å². The average molecular weight is 413 g/mol. The third kappa shape index (κ3) is 4.94. The van der Waals surface area contributed by atoms with Crippen molar-refractivity contribution in [2.75, 3.05) is 31.9 Å². The molecule has 118 valence electrons. The van der Waals surface area contributed by atoms with Gasteiger partial charge in [-0.1, -0.05) is 6.92 Å². The van der Waals surface area contributed by atoms with Gasteiger partial charge in [-0.2, -0.15) is 11.8 Å². The Morgan fingerprint density at radius 3 is 2.75 bits per heavy atom. The Kier molecular flexibility index (Phi) is 7.97. The first-order valence-corrected chi connectivity index (χ1v) is 8.59. The highest BCUT2D eigenvalue weighted by atomic mass is 127. The number of hydrogen-bond donors (Lipinski definition) is 2. The van der Waals surface area contributed by atoms with Gasteiger partial charge in [-0.25, -0.2) is 0 Å². The fourth-order valence-corrected chi connectivity index (χ4v) is 3.73.